The number of rotatable bonds is 5. The molecule has 1 fully saturated rings. The maximum absolute atomic E-state index is 10.9. The van der Waals surface area contributed by atoms with Crippen molar-refractivity contribution in [3.63, 3.8) is 0 Å². The van der Waals surface area contributed by atoms with Crippen LogP contribution in [0.25, 0.3) is 0 Å². The summed E-state index contributed by atoms with van der Waals surface area (Å²) < 4.78 is 31.9. The average molecular weight is 289 g/mol. The van der Waals surface area contributed by atoms with Gasteiger partial charge in [-0.3, -0.25) is 4.18 Å². The summed E-state index contributed by atoms with van der Waals surface area (Å²) in [6.07, 6.45) is 3.55. The molecule has 0 radical (unpaired) electrons. The van der Waals surface area contributed by atoms with Gasteiger partial charge in [0.15, 0.2) is 5.82 Å². The predicted octanol–water partition coefficient (Wildman–Crippen LogP) is 0.825. The van der Waals surface area contributed by atoms with Crippen LogP contribution in [-0.4, -0.2) is 44.5 Å². The minimum Gasteiger partial charge on any atom is -0.324 e. The van der Waals surface area contributed by atoms with Gasteiger partial charge in [0, 0.05) is 19.5 Å². The molecule has 0 atom stereocenters. The van der Waals surface area contributed by atoms with Gasteiger partial charge in [-0.25, -0.2) is 0 Å². The molecule has 7 nitrogen and oxygen atoms in total. The highest BCUT2D eigenvalue weighted by molar-refractivity contribution is 7.85. The normalized spacial score (nSPS) is 17.9. The third-order valence-corrected chi connectivity index (χ3v) is 3.74. The number of hydrogen-bond acceptors (Lipinski definition) is 7. The van der Waals surface area contributed by atoms with Gasteiger partial charge in [0.1, 0.15) is 0 Å². The first-order chi connectivity index (χ1) is 8.98. The molecule has 19 heavy (non-hydrogen) atoms. The fourth-order valence-electron chi connectivity index (χ4n) is 2.03. The lowest BCUT2D eigenvalue weighted by atomic mass is 9.98. The van der Waals surface area contributed by atoms with Gasteiger partial charge < -0.3 is 9.42 Å². The predicted molar refractivity (Wildman–Crippen MR) is 69.4 cm³/mol. The van der Waals surface area contributed by atoms with E-state index >= 15 is 0 Å². The SMILES string of the molecule is CCc1noc(N2CCC(COS(C)(=O)=O)CC2)n1. The molecule has 0 aliphatic carbocycles. The zero-order chi connectivity index (χ0) is 13.9. The molecule has 1 saturated heterocycles. The van der Waals surface area contributed by atoms with E-state index in [2.05, 4.69) is 10.1 Å². The number of aryl methyl sites for hydroxylation is 1. The van der Waals surface area contributed by atoms with Gasteiger partial charge >= 0.3 is 6.01 Å². The molecule has 0 bridgehead atoms. The van der Waals surface area contributed by atoms with Crippen LogP contribution in [0.2, 0.25) is 0 Å². The van der Waals surface area contributed by atoms with Crippen LogP contribution in [-0.2, 0) is 20.7 Å². The maximum Gasteiger partial charge on any atom is 0.324 e. The Labute approximate surface area is 113 Å². The second kappa shape index (κ2) is 5.87. The van der Waals surface area contributed by atoms with Crippen molar-refractivity contribution in [3.8, 4) is 0 Å². The van der Waals surface area contributed by atoms with Crippen molar-refractivity contribution in [2.24, 2.45) is 5.92 Å². The Bertz CT molecular complexity index is 506. The van der Waals surface area contributed by atoms with E-state index in [1.165, 1.54) is 0 Å². The standard InChI is InChI=1S/C11H19N3O4S/c1-3-10-12-11(18-13-10)14-6-4-9(5-7-14)8-17-19(2,15)16/h9H,3-8H2,1-2H3. The number of hydrogen-bond donors (Lipinski definition) is 0. The first-order valence-corrected chi connectivity index (χ1v) is 8.21. The van der Waals surface area contributed by atoms with Gasteiger partial charge in [-0.2, -0.15) is 13.4 Å². The lowest BCUT2D eigenvalue weighted by Gasteiger charge is -2.29. The molecule has 1 aliphatic heterocycles. The van der Waals surface area contributed by atoms with E-state index in [1.54, 1.807) is 0 Å². The second-order valence-electron chi connectivity index (χ2n) is 4.77. The molecule has 0 aromatic carbocycles. The van der Waals surface area contributed by atoms with Crippen LogP contribution >= 0.6 is 0 Å². The van der Waals surface area contributed by atoms with Crippen molar-refractivity contribution in [1.29, 1.82) is 0 Å². The largest absolute Gasteiger partial charge is 0.324 e. The quantitative estimate of drug-likeness (QED) is 0.742. The highest BCUT2D eigenvalue weighted by Gasteiger charge is 2.23. The molecule has 8 heteroatoms. The lowest BCUT2D eigenvalue weighted by molar-refractivity contribution is 0.226. The summed E-state index contributed by atoms with van der Waals surface area (Å²) in [5, 5.41) is 3.87. The first kappa shape index (κ1) is 14.3. The van der Waals surface area contributed by atoms with E-state index in [1.807, 2.05) is 11.8 Å². The molecule has 2 rings (SSSR count). The average Bonchev–Trinajstić information content (AvgIpc) is 2.85. The molecule has 2 heterocycles. The van der Waals surface area contributed by atoms with Gasteiger partial charge in [0.2, 0.25) is 0 Å². The molecule has 1 aliphatic rings. The Morgan fingerprint density at radius 1 is 1.42 bits per heavy atom. The number of piperidine rings is 1. The molecular weight excluding hydrogens is 270 g/mol. The van der Waals surface area contributed by atoms with Gasteiger partial charge in [0.05, 0.1) is 12.9 Å². The Hall–Kier alpha value is -1.15. The van der Waals surface area contributed by atoms with Crippen LogP contribution < -0.4 is 4.90 Å². The summed E-state index contributed by atoms with van der Waals surface area (Å²) in [5.41, 5.74) is 0. The summed E-state index contributed by atoms with van der Waals surface area (Å²) in [5.74, 6) is 0.970. The number of anilines is 1. The zero-order valence-electron chi connectivity index (χ0n) is 11.2. The summed E-state index contributed by atoms with van der Waals surface area (Å²) in [6.45, 7) is 3.80. The minimum absolute atomic E-state index is 0.261. The van der Waals surface area contributed by atoms with Crippen molar-refractivity contribution in [2.75, 3.05) is 30.9 Å². The third kappa shape index (κ3) is 4.17. The van der Waals surface area contributed by atoms with Crippen molar-refractivity contribution in [3.05, 3.63) is 5.82 Å². The highest BCUT2D eigenvalue weighted by atomic mass is 32.2. The van der Waals surface area contributed by atoms with E-state index in [-0.39, 0.29) is 12.5 Å². The lowest BCUT2D eigenvalue weighted by Crippen LogP contribution is -2.35. The Morgan fingerprint density at radius 2 is 2.11 bits per heavy atom. The van der Waals surface area contributed by atoms with Gasteiger partial charge in [-0.1, -0.05) is 12.1 Å². The molecule has 0 N–H and O–H groups in total. The van der Waals surface area contributed by atoms with Crippen LogP contribution in [0.5, 0.6) is 0 Å². The number of aromatic nitrogens is 2. The maximum atomic E-state index is 10.9. The fraction of sp³-hybridized carbons (Fsp3) is 0.818. The highest BCUT2D eigenvalue weighted by Crippen LogP contribution is 2.22. The monoisotopic (exact) mass is 289 g/mol. The first-order valence-electron chi connectivity index (χ1n) is 6.40. The van der Waals surface area contributed by atoms with Crippen LogP contribution in [0.15, 0.2) is 4.52 Å². The van der Waals surface area contributed by atoms with E-state index in [4.69, 9.17) is 8.71 Å². The van der Waals surface area contributed by atoms with Crippen LogP contribution in [0.1, 0.15) is 25.6 Å². The van der Waals surface area contributed by atoms with Crippen LogP contribution in [0.4, 0.5) is 6.01 Å². The topological polar surface area (TPSA) is 85.5 Å². The summed E-state index contributed by atoms with van der Waals surface area (Å²) in [7, 11) is -3.34. The van der Waals surface area contributed by atoms with Gasteiger partial charge in [-0.05, 0) is 18.8 Å². The van der Waals surface area contributed by atoms with Crippen molar-refractivity contribution >= 4 is 16.1 Å². The summed E-state index contributed by atoms with van der Waals surface area (Å²) in [4.78, 5) is 6.31. The molecule has 0 spiro atoms. The smallest absolute Gasteiger partial charge is 0.324 e. The Morgan fingerprint density at radius 3 is 2.63 bits per heavy atom. The van der Waals surface area contributed by atoms with Crippen molar-refractivity contribution < 1.29 is 17.1 Å². The Balaban J connectivity index is 1.82. The summed E-state index contributed by atoms with van der Waals surface area (Å²) in [6, 6.07) is 0.555. The fourth-order valence-corrected chi connectivity index (χ4v) is 2.47. The molecule has 0 unspecified atom stereocenters. The van der Waals surface area contributed by atoms with E-state index in [0.717, 1.165) is 38.6 Å². The van der Waals surface area contributed by atoms with Gasteiger partial charge in [0.25, 0.3) is 10.1 Å². The van der Waals surface area contributed by atoms with Gasteiger partial charge in [-0.15, -0.1) is 0 Å². The Kier molecular flexibility index (Phi) is 4.41. The third-order valence-electron chi connectivity index (χ3n) is 3.18. The van der Waals surface area contributed by atoms with E-state index in [0.29, 0.717) is 11.8 Å². The van der Waals surface area contributed by atoms with Crippen molar-refractivity contribution in [1.82, 2.24) is 10.1 Å². The molecule has 1 aromatic rings. The minimum atomic E-state index is -3.34. The molecule has 108 valence electrons. The van der Waals surface area contributed by atoms with Crippen LogP contribution in [0.3, 0.4) is 0 Å². The summed E-state index contributed by atoms with van der Waals surface area (Å²) >= 11 is 0. The van der Waals surface area contributed by atoms with Crippen LogP contribution in [0, 0.1) is 5.92 Å². The molecule has 0 saturated carbocycles. The number of nitrogens with zero attached hydrogens (tertiary/aromatic N) is 3. The molecule has 0 amide bonds. The second-order valence-corrected chi connectivity index (χ2v) is 6.41. The van der Waals surface area contributed by atoms with E-state index < -0.39 is 10.1 Å². The zero-order valence-corrected chi connectivity index (χ0v) is 12.0. The molecular formula is C11H19N3O4S. The van der Waals surface area contributed by atoms with E-state index in [9.17, 15) is 8.42 Å². The molecule has 1 aromatic heterocycles. The van der Waals surface area contributed by atoms with Crippen molar-refractivity contribution in [2.45, 2.75) is 26.2 Å².